The van der Waals surface area contributed by atoms with Crippen molar-refractivity contribution in [3.8, 4) is 0 Å². The number of nitrogens with one attached hydrogen (secondary N) is 3. The summed E-state index contributed by atoms with van der Waals surface area (Å²) in [6, 6.07) is 11.3. The first-order chi connectivity index (χ1) is 11.7. The summed E-state index contributed by atoms with van der Waals surface area (Å²) in [5.41, 5.74) is 1.69. The largest absolute Gasteiger partial charge is 0.469 e. The molecule has 0 bridgehead atoms. The number of hydrogen-bond donors (Lipinski definition) is 3. The van der Waals surface area contributed by atoms with Crippen molar-refractivity contribution in [1.29, 1.82) is 0 Å². The first kappa shape index (κ1) is 21.0. The molecule has 0 radical (unpaired) electrons. The third-order valence-electron chi connectivity index (χ3n) is 3.45. The second-order valence-corrected chi connectivity index (χ2v) is 5.23. The molecule has 3 N–H and O–H groups in total. The maximum atomic E-state index is 11.5. The molecule has 2 aromatic rings. The van der Waals surface area contributed by atoms with E-state index >= 15 is 0 Å². The Labute approximate surface area is 165 Å². The Morgan fingerprint density at radius 2 is 1.92 bits per heavy atom. The third-order valence-corrected chi connectivity index (χ3v) is 3.45. The lowest BCUT2D eigenvalue weighted by atomic mass is 10.1. The van der Waals surface area contributed by atoms with E-state index in [0.29, 0.717) is 12.1 Å². The van der Waals surface area contributed by atoms with Crippen molar-refractivity contribution < 1.29 is 9.21 Å². The summed E-state index contributed by atoms with van der Waals surface area (Å²) in [4.78, 5) is 16.1. The highest BCUT2D eigenvalue weighted by atomic mass is 127. The van der Waals surface area contributed by atoms with Crippen molar-refractivity contribution in [1.82, 2.24) is 16.0 Å². The average molecular weight is 456 g/mol. The Morgan fingerprint density at radius 1 is 1.16 bits per heavy atom. The van der Waals surface area contributed by atoms with Gasteiger partial charge in [-0.15, -0.1) is 24.0 Å². The van der Waals surface area contributed by atoms with Gasteiger partial charge in [-0.05, 0) is 36.8 Å². The number of aliphatic imine (C=N–C) groups is 1. The van der Waals surface area contributed by atoms with Gasteiger partial charge in [0.25, 0.3) is 5.91 Å². The van der Waals surface area contributed by atoms with Gasteiger partial charge in [-0.3, -0.25) is 4.79 Å². The minimum Gasteiger partial charge on any atom is -0.469 e. The summed E-state index contributed by atoms with van der Waals surface area (Å²) in [7, 11) is 1.62. The summed E-state index contributed by atoms with van der Waals surface area (Å²) in [6.45, 7) is 4.11. The van der Waals surface area contributed by atoms with E-state index in [4.69, 9.17) is 4.42 Å². The third kappa shape index (κ3) is 7.16. The van der Waals surface area contributed by atoms with E-state index < -0.39 is 0 Å². The van der Waals surface area contributed by atoms with Crippen LogP contribution in [0.1, 0.15) is 28.6 Å². The predicted molar refractivity (Wildman–Crippen MR) is 110 cm³/mol. The second kappa shape index (κ2) is 11.5. The molecule has 0 aliphatic carbocycles. The van der Waals surface area contributed by atoms with Crippen molar-refractivity contribution in [2.75, 3.05) is 20.1 Å². The molecule has 0 fully saturated rings. The molecule has 2 rings (SSSR count). The number of halogens is 1. The second-order valence-electron chi connectivity index (χ2n) is 5.23. The zero-order valence-corrected chi connectivity index (χ0v) is 16.9. The molecule has 0 aliphatic heterocycles. The quantitative estimate of drug-likeness (QED) is 0.340. The number of guanidine groups is 1. The molecular formula is C18H25IN4O2. The maximum absolute atomic E-state index is 11.5. The van der Waals surface area contributed by atoms with Crippen LogP contribution < -0.4 is 16.0 Å². The fourth-order valence-electron chi connectivity index (χ4n) is 2.18. The number of hydrogen-bond acceptors (Lipinski definition) is 3. The first-order valence-electron chi connectivity index (χ1n) is 8.08. The van der Waals surface area contributed by atoms with E-state index in [-0.39, 0.29) is 29.9 Å². The van der Waals surface area contributed by atoms with E-state index in [1.165, 1.54) is 0 Å². The standard InChI is InChI=1S/C18H24N4O2.HI/c1-3-20-18(21-11-10-16-5-4-12-24-16)22-13-14-6-8-15(9-7-14)17(23)19-2;/h4-9,12H,3,10-11,13H2,1-2H3,(H,19,23)(H2,20,21,22);1H. The van der Waals surface area contributed by atoms with Gasteiger partial charge in [0, 0.05) is 32.1 Å². The van der Waals surface area contributed by atoms with Crippen LogP contribution in [-0.4, -0.2) is 32.0 Å². The zero-order valence-electron chi connectivity index (χ0n) is 14.5. The van der Waals surface area contributed by atoms with E-state index in [2.05, 4.69) is 20.9 Å². The highest BCUT2D eigenvalue weighted by Gasteiger charge is 2.03. The molecule has 6 nitrogen and oxygen atoms in total. The van der Waals surface area contributed by atoms with Gasteiger partial charge in [0.2, 0.25) is 0 Å². The number of carbonyl (C=O) groups is 1. The van der Waals surface area contributed by atoms with Gasteiger partial charge in [-0.25, -0.2) is 4.99 Å². The van der Waals surface area contributed by atoms with E-state index in [1.807, 2.05) is 31.2 Å². The Bertz CT molecular complexity index is 654. The van der Waals surface area contributed by atoms with Crippen LogP contribution in [0.4, 0.5) is 0 Å². The summed E-state index contributed by atoms with van der Waals surface area (Å²) in [5.74, 6) is 1.63. The number of amides is 1. The normalized spacial score (nSPS) is 10.7. The smallest absolute Gasteiger partial charge is 0.251 e. The molecule has 0 saturated carbocycles. The lowest BCUT2D eigenvalue weighted by Gasteiger charge is -2.10. The Morgan fingerprint density at radius 3 is 2.52 bits per heavy atom. The SMILES string of the molecule is CCNC(=NCc1ccc(C(=O)NC)cc1)NCCc1ccco1.I. The highest BCUT2D eigenvalue weighted by molar-refractivity contribution is 14.0. The van der Waals surface area contributed by atoms with Crippen molar-refractivity contribution in [2.45, 2.75) is 19.9 Å². The molecule has 1 aromatic carbocycles. The van der Waals surface area contributed by atoms with Crippen LogP contribution in [0, 0.1) is 0 Å². The molecule has 0 spiro atoms. The number of nitrogens with zero attached hydrogens (tertiary/aromatic N) is 1. The van der Waals surface area contributed by atoms with Gasteiger partial charge in [0.05, 0.1) is 12.8 Å². The lowest BCUT2D eigenvalue weighted by Crippen LogP contribution is -2.38. The Hall–Kier alpha value is -2.03. The van der Waals surface area contributed by atoms with Crippen molar-refractivity contribution >= 4 is 35.8 Å². The minimum absolute atomic E-state index is 0. The zero-order chi connectivity index (χ0) is 17.2. The fourth-order valence-corrected chi connectivity index (χ4v) is 2.18. The van der Waals surface area contributed by atoms with Crippen LogP contribution in [0.2, 0.25) is 0 Å². The molecule has 1 aromatic heterocycles. The molecule has 7 heteroatoms. The van der Waals surface area contributed by atoms with Gasteiger partial charge in [0.15, 0.2) is 5.96 Å². The summed E-state index contributed by atoms with van der Waals surface area (Å²) in [5, 5.41) is 9.11. The molecule has 1 amide bonds. The molecule has 136 valence electrons. The lowest BCUT2D eigenvalue weighted by molar-refractivity contribution is 0.0963. The van der Waals surface area contributed by atoms with Crippen LogP contribution in [0.25, 0.3) is 0 Å². The minimum atomic E-state index is -0.0852. The molecular weight excluding hydrogens is 431 g/mol. The molecule has 0 unspecified atom stereocenters. The van der Waals surface area contributed by atoms with Crippen LogP contribution >= 0.6 is 24.0 Å². The fraction of sp³-hybridized carbons (Fsp3) is 0.333. The summed E-state index contributed by atoms with van der Waals surface area (Å²) >= 11 is 0. The van der Waals surface area contributed by atoms with Gasteiger partial charge >= 0.3 is 0 Å². The van der Waals surface area contributed by atoms with Gasteiger partial charge in [-0.1, -0.05) is 12.1 Å². The Balaban J connectivity index is 0.00000312. The predicted octanol–water partition coefficient (Wildman–Crippen LogP) is 2.56. The van der Waals surface area contributed by atoms with Crippen molar-refractivity contribution in [3.05, 3.63) is 59.5 Å². The molecule has 1 heterocycles. The molecule has 0 saturated heterocycles. The monoisotopic (exact) mass is 456 g/mol. The maximum Gasteiger partial charge on any atom is 0.251 e. The van der Waals surface area contributed by atoms with Gasteiger partial charge < -0.3 is 20.4 Å². The van der Waals surface area contributed by atoms with Crippen LogP contribution in [-0.2, 0) is 13.0 Å². The van der Waals surface area contributed by atoms with Crippen molar-refractivity contribution in [2.24, 2.45) is 4.99 Å². The molecule has 25 heavy (non-hydrogen) atoms. The van der Waals surface area contributed by atoms with E-state index in [0.717, 1.165) is 36.8 Å². The Kier molecular flexibility index (Phi) is 9.68. The van der Waals surface area contributed by atoms with Crippen LogP contribution in [0.5, 0.6) is 0 Å². The first-order valence-corrected chi connectivity index (χ1v) is 8.08. The summed E-state index contributed by atoms with van der Waals surface area (Å²) < 4.78 is 5.31. The number of furan rings is 1. The summed E-state index contributed by atoms with van der Waals surface area (Å²) in [6.07, 6.45) is 2.48. The van der Waals surface area contributed by atoms with Crippen LogP contribution in [0.15, 0.2) is 52.1 Å². The topological polar surface area (TPSA) is 78.7 Å². The molecule has 0 aliphatic rings. The average Bonchev–Trinajstić information content (AvgIpc) is 3.13. The number of benzene rings is 1. The van der Waals surface area contributed by atoms with Crippen LogP contribution in [0.3, 0.4) is 0 Å². The van der Waals surface area contributed by atoms with E-state index in [1.54, 1.807) is 25.4 Å². The molecule has 0 atom stereocenters. The van der Waals surface area contributed by atoms with E-state index in [9.17, 15) is 4.79 Å². The number of rotatable bonds is 7. The number of carbonyl (C=O) groups excluding carboxylic acids is 1. The van der Waals surface area contributed by atoms with Gasteiger partial charge in [0.1, 0.15) is 5.76 Å². The highest BCUT2D eigenvalue weighted by Crippen LogP contribution is 2.06. The van der Waals surface area contributed by atoms with Crippen molar-refractivity contribution in [3.63, 3.8) is 0 Å². The van der Waals surface area contributed by atoms with Gasteiger partial charge in [-0.2, -0.15) is 0 Å².